The highest BCUT2D eigenvalue weighted by atomic mass is 127. The van der Waals surface area contributed by atoms with E-state index in [9.17, 15) is 0 Å². The molecule has 2 heterocycles. The van der Waals surface area contributed by atoms with Crippen LogP contribution in [-0.2, 0) is 6.54 Å². The Morgan fingerprint density at radius 3 is 2.83 bits per heavy atom. The van der Waals surface area contributed by atoms with Gasteiger partial charge in [0.2, 0.25) is 0 Å². The van der Waals surface area contributed by atoms with Crippen molar-refractivity contribution in [1.29, 1.82) is 0 Å². The quantitative estimate of drug-likeness (QED) is 0.435. The van der Waals surface area contributed by atoms with Gasteiger partial charge in [0.15, 0.2) is 5.96 Å². The zero-order valence-corrected chi connectivity index (χ0v) is 16.6. The maximum absolute atomic E-state index is 4.80. The fourth-order valence-electron chi connectivity index (χ4n) is 2.92. The van der Waals surface area contributed by atoms with Crippen LogP contribution in [0.5, 0.6) is 0 Å². The zero-order chi connectivity index (χ0) is 15.2. The lowest BCUT2D eigenvalue weighted by Crippen LogP contribution is -2.39. The fourth-order valence-corrected chi connectivity index (χ4v) is 3.58. The maximum atomic E-state index is 4.80. The van der Waals surface area contributed by atoms with Crippen molar-refractivity contribution in [3.05, 3.63) is 58.3 Å². The van der Waals surface area contributed by atoms with Crippen LogP contribution in [0.25, 0.3) is 0 Å². The highest BCUT2D eigenvalue weighted by Crippen LogP contribution is 2.26. The van der Waals surface area contributed by atoms with E-state index in [1.54, 1.807) is 11.3 Å². The zero-order valence-electron chi connectivity index (χ0n) is 13.4. The van der Waals surface area contributed by atoms with Gasteiger partial charge < -0.3 is 10.2 Å². The largest absolute Gasteiger partial charge is 0.357 e. The number of halogens is 1. The molecular weight excluding hydrogens is 417 g/mol. The molecule has 1 aliphatic heterocycles. The van der Waals surface area contributed by atoms with E-state index in [2.05, 4.69) is 64.3 Å². The molecule has 1 aliphatic rings. The van der Waals surface area contributed by atoms with Crippen LogP contribution in [0.2, 0.25) is 0 Å². The number of guanidine groups is 1. The van der Waals surface area contributed by atoms with Gasteiger partial charge in [0.25, 0.3) is 0 Å². The summed E-state index contributed by atoms with van der Waals surface area (Å²) in [7, 11) is 0. The molecule has 23 heavy (non-hydrogen) atoms. The van der Waals surface area contributed by atoms with E-state index in [1.165, 1.54) is 17.5 Å². The lowest BCUT2D eigenvalue weighted by atomic mass is 9.99. The molecule has 3 nitrogen and oxygen atoms in total. The summed E-state index contributed by atoms with van der Waals surface area (Å²) in [4.78, 5) is 7.20. The minimum atomic E-state index is 0. The van der Waals surface area contributed by atoms with Crippen molar-refractivity contribution in [2.45, 2.75) is 25.8 Å². The summed E-state index contributed by atoms with van der Waals surface area (Å²) in [6.45, 7) is 5.94. The first-order valence-corrected chi connectivity index (χ1v) is 8.90. The Labute approximate surface area is 159 Å². The number of hydrogen-bond acceptors (Lipinski definition) is 2. The van der Waals surface area contributed by atoms with Crippen molar-refractivity contribution in [2.75, 3.05) is 19.6 Å². The van der Waals surface area contributed by atoms with Gasteiger partial charge in [-0.05, 0) is 41.3 Å². The van der Waals surface area contributed by atoms with Crippen molar-refractivity contribution in [3.8, 4) is 0 Å². The SMILES string of the molecule is CCNC(=NCc1ccsc1)N1CCC(c2ccccc2)C1.I. The van der Waals surface area contributed by atoms with Gasteiger partial charge in [0.1, 0.15) is 0 Å². The van der Waals surface area contributed by atoms with Gasteiger partial charge in [-0.1, -0.05) is 30.3 Å². The van der Waals surface area contributed by atoms with Gasteiger partial charge >= 0.3 is 0 Å². The van der Waals surface area contributed by atoms with Gasteiger partial charge in [-0.3, -0.25) is 0 Å². The van der Waals surface area contributed by atoms with Crippen molar-refractivity contribution < 1.29 is 0 Å². The van der Waals surface area contributed by atoms with Crippen LogP contribution < -0.4 is 5.32 Å². The van der Waals surface area contributed by atoms with Gasteiger partial charge in [0.05, 0.1) is 6.54 Å². The molecule has 1 saturated heterocycles. The molecule has 1 aromatic carbocycles. The van der Waals surface area contributed by atoms with E-state index >= 15 is 0 Å². The van der Waals surface area contributed by atoms with E-state index in [1.807, 2.05) is 0 Å². The third kappa shape index (κ3) is 4.94. The standard InChI is InChI=1S/C18H23N3S.HI/c1-2-19-18(20-12-15-9-11-22-14-15)21-10-8-17(13-21)16-6-4-3-5-7-16;/h3-7,9,11,14,17H,2,8,10,12-13H2,1H3,(H,19,20);1H. The smallest absolute Gasteiger partial charge is 0.194 e. The summed E-state index contributed by atoms with van der Waals surface area (Å²) >= 11 is 1.73. The van der Waals surface area contributed by atoms with E-state index in [0.717, 1.165) is 32.1 Å². The lowest BCUT2D eigenvalue weighted by molar-refractivity contribution is 0.486. The number of hydrogen-bond donors (Lipinski definition) is 1. The molecule has 1 aromatic heterocycles. The highest BCUT2D eigenvalue weighted by Gasteiger charge is 2.25. The van der Waals surface area contributed by atoms with E-state index in [4.69, 9.17) is 4.99 Å². The van der Waals surface area contributed by atoms with Crippen LogP contribution in [0.1, 0.15) is 30.4 Å². The van der Waals surface area contributed by atoms with E-state index in [0.29, 0.717) is 5.92 Å². The number of rotatable bonds is 4. The molecule has 0 spiro atoms. The summed E-state index contributed by atoms with van der Waals surface area (Å²) in [6, 6.07) is 13.0. The lowest BCUT2D eigenvalue weighted by Gasteiger charge is -2.21. The van der Waals surface area contributed by atoms with E-state index < -0.39 is 0 Å². The van der Waals surface area contributed by atoms with Crippen LogP contribution in [-0.4, -0.2) is 30.5 Å². The van der Waals surface area contributed by atoms with Gasteiger partial charge in [0, 0.05) is 25.6 Å². The van der Waals surface area contributed by atoms with Crippen molar-refractivity contribution >= 4 is 41.3 Å². The van der Waals surface area contributed by atoms with E-state index in [-0.39, 0.29) is 24.0 Å². The molecule has 5 heteroatoms. The van der Waals surface area contributed by atoms with Gasteiger partial charge in [-0.25, -0.2) is 4.99 Å². The van der Waals surface area contributed by atoms with Crippen LogP contribution >= 0.6 is 35.3 Å². The first-order valence-electron chi connectivity index (χ1n) is 7.96. The summed E-state index contributed by atoms with van der Waals surface area (Å²) in [5.74, 6) is 1.67. The predicted octanol–water partition coefficient (Wildman–Crippen LogP) is 4.32. The molecule has 3 rings (SSSR count). The first-order chi connectivity index (χ1) is 10.9. The second kappa shape index (κ2) is 9.27. The molecule has 1 N–H and O–H groups in total. The Morgan fingerprint density at radius 1 is 1.30 bits per heavy atom. The Hall–Kier alpha value is -1.08. The molecular formula is C18H24IN3S. The number of aliphatic imine (C=N–C) groups is 1. The number of nitrogens with one attached hydrogen (secondary N) is 1. The van der Waals surface area contributed by atoms with Crippen LogP contribution in [0.3, 0.4) is 0 Å². The third-order valence-corrected chi connectivity index (χ3v) is 4.82. The summed E-state index contributed by atoms with van der Waals surface area (Å²) in [6.07, 6.45) is 1.20. The van der Waals surface area contributed by atoms with Gasteiger partial charge in [-0.15, -0.1) is 24.0 Å². The molecule has 0 aliphatic carbocycles. The number of thiophene rings is 1. The summed E-state index contributed by atoms with van der Waals surface area (Å²) in [5.41, 5.74) is 2.73. The monoisotopic (exact) mass is 441 g/mol. The highest BCUT2D eigenvalue weighted by molar-refractivity contribution is 14.0. The Morgan fingerprint density at radius 2 is 2.13 bits per heavy atom. The van der Waals surface area contributed by atoms with Gasteiger partial charge in [-0.2, -0.15) is 11.3 Å². The minimum absolute atomic E-state index is 0. The van der Waals surface area contributed by atoms with Crippen LogP contribution in [0.15, 0.2) is 52.2 Å². The average molecular weight is 441 g/mol. The normalized spacial score (nSPS) is 17.9. The molecule has 1 atom stereocenters. The number of benzene rings is 1. The molecule has 0 saturated carbocycles. The molecule has 0 radical (unpaired) electrons. The molecule has 0 amide bonds. The molecule has 2 aromatic rings. The first kappa shape index (κ1) is 18.3. The molecule has 1 unspecified atom stereocenters. The topological polar surface area (TPSA) is 27.6 Å². The molecule has 0 bridgehead atoms. The van der Waals surface area contributed by atoms with Crippen LogP contribution in [0, 0.1) is 0 Å². The maximum Gasteiger partial charge on any atom is 0.194 e. The number of nitrogens with zero attached hydrogens (tertiary/aromatic N) is 2. The van der Waals surface area contributed by atoms with Crippen molar-refractivity contribution in [1.82, 2.24) is 10.2 Å². The Kier molecular flexibility index (Phi) is 7.36. The predicted molar refractivity (Wildman–Crippen MR) is 110 cm³/mol. The van der Waals surface area contributed by atoms with Crippen molar-refractivity contribution in [3.63, 3.8) is 0 Å². The second-order valence-electron chi connectivity index (χ2n) is 5.64. The van der Waals surface area contributed by atoms with Crippen molar-refractivity contribution in [2.24, 2.45) is 4.99 Å². The minimum Gasteiger partial charge on any atom is -0.357 e. The summed E-state index contributed by atoms with van der Waals surface area (Å²) < 4.78 is 0. The molecule has 1 fully saturated rings. The Bertz CT molecular complexity index is 598. The molecule has 124 valence electrons. The van der Waals surface area contributed by atoms with Crippen LogP contribution in [0.4, 0.5) is 0 Å². The Balaban J connectivity index is 0.00000192. The summed E-state index contributed by atoms with van der Waals surface area (Å²) in [5, 5.41) is 7.72. The number of likely N-dealkylation sites (tertiary alicyclic amines) is 1. The fraction of sp³-hybridized carbons (Fsp3) is 0.389. The third-order valence-electron chi connectivity index (χ3n) is 4.09. The average Bonchev–Trinajstić information content (AvgIpc) is 3.24. The second-order valence-corrected chi connectivity index (χ2v) is 6.42.